The first-order chi connectivity index (χ1) is 9.13. The molecular weight excluding hydrogens is 268 g/mol. The highest BCUT2D eigenvalue weighted by Gasteiger charge is 2.29. The van der Waals surface area contributed by atoms with Crippen LogP contribution in [0.4, 0.5) is 8.78 Å². The van der Waals surface area contributed by atoms with Crippen LogP contribution in [0.2, 0.25) is 0 Å². The second-order valence-corrected chi connectivity index (χ2v) is 6.58. The third kappa shape index (κ3) is 3.39. The average molecular weight is 287 g/mol. The summed E-state index contributed by atoms with van der Waals surface area (Å²) in [5.74, 6) is -1.35. The van der Waals surface area contributed by atoms with E-state index in [2.05, 4.69) is 5.32 Å². The zero-order chi connectivity index (χ0) is 13.8. The first kappa shape index (κ1) is 14.6. The molecule has 106 valence electrons. The third-order valence-corrected chi connectivity index (χ3v) is 5.59. The van der Waals surface area contributed by atoms with Crippen molar-refractivity contribution in [3.63, 3.8) is 0 Å². The highest BCUT2D eigenvalue weighted by molar-refractivity contribution is 7.85. The van der Waals surface area contributed by atoms with E-state index in [0.717, 1.165) is 38.2 Å². The fourth-order valence-electron chi connectivity index (χ4n) is 2.66. The summed E-state index contributed by atoms with van der Waals surface area (Å²) in [6, 6.07) is 3.41. The maximum Gasteiger partial charge on any atom is 0.142 e. The molecule has 1 aromatic rings. The molecule has 0 bridgehead atoms. The molecule has 1 saturated carbocycles. The molecule has 0 amide bonds. The highest BCUT2D eigenvalue weighted by Crippen LogP contribution is 2.27. The summed E-state index contributed by atoms with van der Waals surface area (Å²) >= 11 is 0. The van der Waals surface area contributed by atoms with Gasteiger partial charge in [0.05, 0.1) is 20.9 Å². The smallest absolute Gasteiger partial charge is 0.142 e. The Morgan fingerprint density at radius 3 is 2.63 bits per heavy atom. The topological polar surface area (TPSA) is 29.1 Å². The second-order valence-electron chi connectivity index (χ2n) is 4.94. The van der Waals surface area contributed by atoms with Crippen molar-refractivity contribution in [2.24, 2.45) is 0 Å². The molecule has 0 radical (unpaired) electrons. The molecule has 5 heteroatoms. The van der Waals surface area contributed by atoms with Crippen LogP contribution in [0.3, 0.4) is 0 Å². The molecule has 0 aliphatic heterocycles. The van der Waals surface area contributed by atoms with Crippen LogP contribution in [0.5, 0.6) is 0 Å². The molecule has 1 aliphatic carbocycles. The van der Waals surface area contributed by atoms with E-state index in [-0.39, 0.29) is 16.2 Å². The van der Waals surface area contributed by atoms with Crippen molar-refractivity contribution in [3.8, 4) is 0 Å². The van der Waals surface area contributed by atoms with Gasteiger partial charge in [0.15, 0.2) is 0 Å². The van der Waals surface area contributed by atoms with Gasteiger partial charge in [-0.15, -0.1) is 0 Å². The lowest BCUT2D eigenvalue weighted by molar-refractivity contribution is 0.497. The van der Waals surface area contributed by atoms with E-state index >= 15 is 0 Å². The minimum Gasteiger partial charge on any atom is -0.316 e. The molecule has 3 unspecified atom stereocenters. The lowest BCUT2D eigenvalue weighted by atomic mass is 10.1. The van der Waals surface area contributed by atoms with Crippen molar-refractivity contribution < 1.29 is 13.0 Å². The van der Waals surface area contributed by atoms with Gasteiger partial charge in [-0.1, -0.05) is 19.3 Å². The largest absolute Gasteiger partial charge is 0.316 e. The maximum atomic E-state index is 13.7. The van der Waals surface area contributed by atoms with Crippen molar-refractivity contribution in [2.75, 3.05) is 7.05 Å². The van der Waals surface area contributed by atoms with Crippen molar-refractivity contribution in [1.29, 1.82) is 0 Å². The Bertz CT molecular complexity index is 467. The second kappa shape index (κ2) is 6.57. The van der Waals surface area contributed by atoms with Gasteiger partial charge in [0.2, 0.25) is 0 Å². The maximum absolute atomic E-state index is 13.7. The summed E-state index contributed by atoms with van der Waals surface area (Å²) in [4.78, 5) is 0.119. The number of benzene rings is 1. The molecule has 0 spiro atoms. The molecule has 1 aromatic carbocycles. The molecule has 3 atom stereocenters. The summed E-state index contributed by atoms with van der Waals surface area (Å²) in [6.45, 7) is 0. The Hall–Kier alpha value is -0.810. The molecule has 1 N–H and O–H groups in total. The quantitative estimate of drug-likeness (QED) is 0.866. The monoisotopic (exact) mass is 287 g/mol. The van der Waals surface area contributed by atoms with Gasteiger partial charge < -0.3 is 5.32 Å². The van der Waals surface area contributed by atoms with E-state index in [9.17, 15) is 13.0 Å². The molecule has 1 fully saturated rings. The Morgan fingerprint density at radius 1 is 1.21 bits per heavy atom. The molecule has 0 heterocycles. The van der Waals surface area contributed by atoms with Crippen molar-refractivity contribution in [2.45, 2.75) is 48.3 Å². The Kier molecular flexibility index (Phi) is 5.05. The first-order valence-corrected chi connectivity index (χ1v) is 7.87. The van der Waals surface area contributed by atoms with Gasteiger partial charge >= 0.3 is 0 Å². The van der Waals surface area contributed by atoms with Gasteiger partial charge in [-0.3, -0.25) is 4.21 Å². The van der Waals surface area contributed by atoms with Crippen molar-refractivity contribution >= 4 is 10.8 Å². The molecule has 2 nitrogen and oxygen atoms in total. The van der Waals surface area contributed by atoms with Crippen molar-refractivity contribution in [3.05, 3.63) is 29.8 Å². The Balaban J connectivity index is 2.25. The van der Waals surface area contributed by atoms with E-state index < -0.39 is 22.4 Å². The lowest BCUT2D eigenvalue weighted by Crippen LogP contribution is -2.39. The number of hydrogen-bond acceptors (Lipinski definition) is 2. The Labute approximate surface area is 115 Å². The fraction of sp³-hybridized carbons (Fsp3) is 0.571. The summed E-state index contributed by atoms with van der Waals surface area (Å²) in [5, 5.41) is 3.08. The first-order valence-electron chi connectivity index (χ1n) is 6.66. The van der Waals surface area contributed by atoms with Gasteiger partial charge in [-0.25, -0.2) is 8.78 Å². The van der Waals surface area contributed by atoms with Crippen molar-refractivity contribution in [1.82, 2.24) is 5.32 Å². The van der Waals surface area contributed by atoms with E-state index in [1.54, 1.807) is 0 Å². The normalized spacial score (nSPS) is 25.8. The standard InChI is InChI=1S/C14H19F2NOS/c1-17-12-5-3-2-4-6-14(12)19(18)13-8-7-10(15)9-11(13)16/h7-9,12,14,17H,2-6H2,1H3. The minimum absolute atomic E-state index is 0.104. The van der Waals surface area contributed by atoms with Crippen LogP contribution in [0.25, 0.3) is 0 Å². The SMILES string of the molecule is CNC1CCCCCC1S(=O)c1ccc(F)cc1F. The number of nitrogens with one attached hydrogen (secondary N) is 1. The van der Waals surface area contributed by atoms with Crippen LogP contribution in [-0.2, 0) is 10.8 Å². The molecule has 19 heavy (non-hydrogen) atoms. The van der Waals surface area contributed by atoms with E-state index in [1.807, 2.05) is 7.05 Å². The Morgan fingerprint density at radius 2 is 1.95 bits per heavy atom. The van der Waals surface area contributed by atoms with Gasteiger partial charge in [0.25, 0.3) is 0 Å². The molecule has 2 rings (SSSR count). The van der Waals surface area contributed by atoms with E-state index in [1.165, 1.54) is 12.1 Å². The van der Waals surface area contributed by atoms with Crippen LogP contribution in [0.1, 0.15) is 32.1 Å². The molecular formula is C14H19F2NOS. The van der Waals surface area contributed by atoms with Crippen LogP contribution >= 0.6 is 0 Å². The number of hydrogen-bond donors (Lipinski definition) is 1. The predicted molar refractivity (Wildman–Crippen MR) is 72.5 cm³/mol. The van der Waals surface area contributed by atoms with Crippen LogP contribution in [0, 0.1) is 11.6 Å². The summed E-state index contributed by atoms with van der Waals surface area (Å²) in [5.41, 5.74) is 0. The van der Waals surface area contributed by atoms with E-state index in [4.69, 9.17) is 0 Å². The molecule has 0 saturated heterocycles. The summed E-state index contributed by atoms with van der Waals surface area (Å²) in [7, 11) is 0.413. The number of rotatable bonds is 3. The summed E-state index contributed by atoms with van der Waals surface area (Å²) < 4.78 is 39.2. The third-order valence-electron chi connectivity index (χ3n) is 3.71. The fourth-order valence-corrected chi connectivity index (χ4v) is 4.39. The van der Waals surface area contributed by atoms with Crippen LogP contribution in [-0.4, -0.2) is 22.5 Å². The van der Waals surface area contributed by atoms with Gasteiger partial charge in [0, 0.05) is 12.1 Å². The van der Waals surface area contributed by atoms with Gasteiger partial charge in [0.1, 0.15) is 11.6 Å². The molecule has 1 aliphatic rings. The highest BCUT2D eigenvalue weighted by atomic mass is 32.2. The zero-order valence-corrected chi connectivity index (χ0v) is 11.8. The minimum atomic E-state index is -1.43. The average Bonchev–Trinajstić information content (AvgIpc) is 2.63. The predicted octanol–water partition coefficient (Wildman–Crippen LogP) is 2.99. The zero-order valence-electron chi connectivity index (χ0n) is 11.0. The van der Waals surface area contributed by atoms with Crippen LogP contribution in [0.15, 0.2) is 23.1 Å². The lowest BCUT2D eigenvalue weighted by Gasteiger charge is -2.24. The van der Waals surface area contributed by atoms with Crippen LogP contribution < -0.4 is 5.32 Å². The number of halogens is 2. The van der Waals surface area contributed by atoms with Gasteiger partial charge in [-0.05, 0) is 32.0 Å². The van der Waals surface area contributed by atoms with Gasteiger partial charge in [-0.2, -0.15) is 0 Å². The summed E-state index contributed by atoms with van der Waals surface area (Å²) in [6.07, 6.45) is 5.00. The van der Waals surface area contributed by atoms with E-state index in [0.29, 0.717) is 0 Å². The molecule has 0 aromatic heterocycles.